The fourth-order valence-electron chi connectivity index (χ4n) is 3.82. The SMILES string of the molecule is CC(=O)NC[C@H]1CN(c2ccc(-c3ccc4nc(CC(=O)OC(C)(C)C)cn4c3)c(F)c2)C(=O)O1. The van der Waals surface area contributed by atoms with E-state index in [-0.39, 0.29) is 31.4 Å². The first-order chi connectivity index (χ1) is 16.5. The molecule has 2 amide bonds. The number of carbonyl (C=O) groups is 3. The molecule has 0 radical (unpaired) electrons. The standard InChI is InChI=1S/C25H27FN4O5/c1-15(31)27-11-19-14-30(24(33)34-19)18-6-7-20(21(26)10-18)16-5-8-22-28-17(13-29(22)12-16)9-23(32)35-25(2,3)4/h5-8,10,12-13,19H,9,11,14H2,1-4H3,(H,27,31)/t19-/m0/s1. The first-order valence-electron chi connectivity index (χ1n) is 11.2. The van der Waals surface area contributed by atoms with Crippen molar-refractivity contribution < 1.29 is 28.2 Å². The van der Waals surface area contributed by atoms with Crippen molar-refractivity contribution in [2.24, 2.45) is 0 Å². The summed E-state index contributed by atoms with van der Waals surface area (Å²) in [5.41, 5.74) is 1.91. The number of benzene rings is 1. The van der Waals surface area contributed by atoms with Crippen LogP contribution in [0.2, 0.25) is 0 Å². The van der Waals surface area contributed by atoms with E-state index in [4.69, 9.17) is 9.47 Å². The molecule has 1 fully saturated rings. The topological polar surface area (TPSA) is 102 Å². The fraction of sp³-hybridized carbons (Fsp3) is 0.360. The molecule has 0 aliphatic carbocycles. The third kappa shape index (κ3) is 5.76. The molecular formula is C25H27FN4O5. The van der Waals surface area contributed by atoms with Crippen molar-refractivity contribution in [3.63, 3.8) is 0 Å². The highest BCUT2D eigenvalue weighted by Crippen LogP contribution is 2.29. The zero-order valence-corrected chi connectivity index (χ0v) is 20.0. The summed E-state index contributed by atoms with van der Waals surface area (Å²) in [5.74, 6) is -1.10. The fourth-order valence-corrected chi connectivity index (χ4v) is 3.82. The van der Waals surface area contributed by atoms with Gasteiger partial charge >= 0.3 is 12.1 Å². The Labute approximate surface area is 201 Å². The summed E-state index contributed by atoms with van der Waals surface area (Å²) in [5, 5.41) is 2.61. The third-order valence-corrected chi connectivity index (χ3v) is 5.27. The minimum Gasteiger partial charge on any atom is -0.460 e. The van der Waals surface area contributed by atoms with Gasteiger partial charge in [-0.25, -0.2) is 14.2 Å². The number of hydrogen-bond donors (Lipinski definition) is 1. The lowest BCUT2D eigenvalue weighted by molar-refractivity contribution is -0.154. The number of anilines is 1. The van der Waals surface area contributed by atoms with Gasteiger partial charge in [-0.1, -0.05) is 0 Å². The maximum Gasteiger partial charge on any atom is 0.414 e. The lowest BCUT2D eigenvalue weighted by Crippen LogP contribution is -2.33. The zero-order valence-electron chi connectivity index (χ0n) is 20.0. The Morgan fingerprint density at radius 3 is 2.69 bits per heavy atom. The summed E-state index contributed by atoms with van der Waals surface area (Å²) >= 11 is 0. The van der Waals surface area contributed by atoms with Gasteiger partial charge in [0.05, 0.1) is 30.9 Å². The van der Waals surface area contributed by atoms with E-state index in [9.17, 15) is 14.4 Å². The number of carbonyl (C=O) groups excluding carboxylic acids is 3. The molecule has 1 aliphatic rings. The van der Waals surface area contributed by atoms with Crippen LogP contribution in [-0.4, -0.2) is 52.1 Å². The number of halogens is 1. The number of esters is 1. The highest BCUT2D eigenvalue weighted by molar-refractivity contribution is 5.90. The molecule has 35 heavy (non-hydrogen) atoms. The van der Waals surface area contributed by atoms with Crippen LogP contribution in [0.25, 0.3) is 16.8 Å². The molecule has 1 aliphatic heterocycles. The number of rotatable bonds is 6. The van der Waals surface area contributed by atoms with Gasteiger partial charge in [-0.15, -0.1) is 0 Å². The highest BCUT2D eigenvalue weighted by atomic mass is 19.1. The number of cyclic esters (lactones) is 1. The number of amides is 2. The molecule has 0 unspecified atom stereocenters. The Morgan fingerprint density at radius 2 is 2.00 bits per heavy atom. The van der Waals surface area contributed by atoms with Crippen LogP contribution in [0.4, 0.5) is 14.9 Å². The number of imidazole rings is 1. The summed E-state index contributed by atoms with van der Waals surface area (Å²) in [4.78, 5) is 41.2. The molecule has 3 aromatic rings. The summed E-state index contributed by atoms with van der Waals surface area (Å²) in [6, 6.07) is 8.01. The van der Waals surface area contributed by atoms with E-state index in [2.05, 4.69) is 10.3 Å². The Balaban J connectivity index is 1.50. The van der Waals surface area contributed by atoms with Gasteiger partial charge in [0.25, 0.3) is 0 Å². The van der Waals surface area contributed by atoms with Crippen LogP contribution in [0.1, 0.15) is 33.4 Å². The second-order valence-corrected chi connectivity index (χ2v) is 9.40. The third-order valence-electron chi connectivity index (χ3n) is 5.27. The van der Waals surface area contributed by atoms with Crippen molar-refractivity contribution in [2.45, 2.75) is 45.8 Å². The monoisotopic (exact) mass is 482 g/mol. The average Bonchev–Trinajstić information content (AvgIpc) is 3.32. The second kappa shape index (κ2) is 9.36. The Hall–Kier alpha value is -3.95. The number of ether oxygens (including phenoxy) is 2. The number of nitrogens with one attached hydrogen (secondary N) is 1. The predicted molar refractivity (Wildman–Crippen MR) is 126 cm³/mol. The molecule has 2 aromatic heterocycles. The molecular weight excluding hydrogens is 455 g/mol. The van der Waals surface area contributed by atoms with Crippen LogP contribution in [0, 0.1) is 5.82 Å². The molecule has 3 heterocycles. The molecule has 4 rings (SSSR count). The van der Waals surface area contributed by atoms with Gasteiger partial charge in [-0.2, -0.15) is 0 Å². The summed E-state index contributed by atoms with van der Waals surface area (Å²) < 4.78 is 27.4. The van der Waals surface area contributed by atoms with Crippen LogP contribution in [0.5, 0.6) is 0 Å². The Kier molecular flexibility index (Phi) is 6.47. The molecule has 0 bridgehead atoms. The van der Waals surface area contributed by atoms with Crippen LogP contribution in [0.15, 0.2) is 42.7 Å². The van der Waals surface area contributed by atoms with E-state index in [1.165, 1.54) is 17.9 Å². The van der Waals surface area contributed by atoms with Gasteiger partial charge in [0.15, 0.2) is 0 Å². The number of aromatic nitrogens is 2. The van der Waals surface area contributed by atoms with E-state index in [0.717, 1.165) is 0 Å². The summed E-state index contributed by atoms with van der Waals surface area (Å²) in [7, 11) is 0. The van der Waals surface area contributed by atoms with Crippen molar-refractivity contribution >= 4 is 29.3 Å². The molecule has 184 valence electrons. The van der Waals surface area contributed by atoms with Crippen molar-refractivity contribution in [1.82, 2.24) is 14.7 Å². The van der Waals surface area contributed by atoms with E-state index < -0.39 is 23.6 Å². The second-order valence-electron chi connectivity index (χ2n) is 9.40. The van der Waals surface area contributed by atoms with Gasteiger partial charge in [-0.05, 0) is 51.1 Å². The van der Waals surface area contributed by atoms with Gasteiger partial charge in [0.2, 0.25) is 5.91 Å². The first kappa shape index (κ1) is 24.2. The average molecular weight is 483 g/mol. The maximum atomic E-state index is 15.1. The quantitative estimate of drug-likeness (QED) is 0.540. The molecule has 0 saturated carbocycles. The smallest absolute Gasteiger partial charge is 0.414 e. The molecule has 0 spiro atoms. The summed E-state index contributed by atoms with van der Waals surface area (Å²) in [6.45, 7) is 7.19. The van der Waals surface area contributed by atoms with Crippen molar-refractivity contribution in [1.29, 1.82) is 0 Å². The van der Waals surface area contributed by atoms with Crippen LogP contribution in [-0.2, 0) is 25.5 Å². The molecule has 9 nitrogen and oxygen atoms in total. The number of nitrogens with zero attached hydrogens (tertiary/aromatic N) is 3. The number of pyridine rings is 1. The molecule has 1 N–H and O–H groups in total. The van der Waals surface area contributed by atoms with Gasteiger partial charge in [-0.3, -0.25) is 14.5 Å². The highest BCUT2D eigenvalue weighted by Gasteiger charge is 2.32. The largest absolute Gasteiger partial charge is 0.460 e. The van der Waals surface area contributed by atoms with E-state index in [0.29, 0.717) is 28.2 Å². The van der Waals surface area contributed by atoms with Crippen molar-refractivity contribution in [3.05, 3.63) is 54.2 Å². The van der Waals surface area contributed by atoms with Gasteiger partial charge in [0, 0.05) is 30.4 Å². The Morgan fingerprint density at radius 1 is 1.23 bits per heavy atom. The number of hydrogen-bond acceptors (Lipinski definition) is 6. The van der Waals surface area contributed by atoms with Gasteiger partial charge < -0.3 is 19.2 Å². The van der Waals surface area contributed by atoms with Crippen molar-refractivity contribution in [3.8, 4) is 11.1 Å². The van der Waals surface area contributed by atoms with E-state index >= 15 is 4.39 Å². The first-order valence-corrected chi connectivity index (χ1v) is 11.2. The molecule has 1 atom stereocenters. The van der Waals surface area contributed by atoms with E-state index in [1.807, 2.05) is 0 Å². The van der Waals surface area contributed by atoms with Crippen molar-refractivity contribution in [2.75, 3.05) is 18.0 Å². The van der Waals surface area contributed by atoms with Crippen LogP contribution in [0.3, 0.4) is 0 Å². The zero-order chi connectivity index (χ0) is 25.3. The van der Waals surface area contributed by atoms with Crippen LogP contribution >= 0.6 is 0 Å². The number of fused-ring (bicyclic) bond motifs is 1. The molecule has 1 saturated heterocycles. The lowest BCUT2D eigenvalue weighted by Gasteiger charge is -2.18. The molecule has 1 aromatic carbocycles. The minimum absolute atomic E-state index is 0.0339. The lowest BCUT2D eigenvalue weighted by atomic mass is 10.1. The Bertz CT molecular complexity index is 1300. The predicted octanol–water partition coefficient (Wildman–Crippen LogP) is 3.49. The summed E-state index contributed by atoms with van der Waals surface area (Å²) in [6.07, 6.45) is 2.38. The maximum absolute atomic E-state index is 15.1. The normalized spacial score (nSPS) is 15.9. The van der Waals surface area contributed by atoms with Gasteiger partial charge in [0.1, 0.15) is 23.2 Å². The minimum atomic E-state index is -0.593. The van der Waals surface area contributed by atoms with E-state index in [1.54, 1.807) is 61.8 Å². The van der Waals surface area contributed by atoms with Crippen LogP contribution < -0.4 is 10.2 Å². The molecule has 10 heteroatoms.